The van der Waals surface area contributed by atoms with Gasteiger partial charge in [-0.25, -0.2) is 4.79 Å². The predicted octanol–water partition coefficient (Wildman–Crippen LogP) is 4.70. The van der Waals surface area contributed by atoms with Gasteiger partial charge < -0.3 is 14.6 Å². The molecule has 0 saturated carbocycles. The molecule has 7 nitrogen and oxygen atoms in total. The number of halogens is 1. The standard InChI is InChI=1S/C16H18BrNO6S/c1-4-15(2,14(19)20)24-16(3)8-7-13(25-16)23-12-6-5-10(18(21)22)9-11(12)17/h5-7,9H,4,8H2,1-3H3,(H,19,20). The van der Waals surface area contributed by atoms with Gasteiger partial charge in [-0.3, -0.25) is 10.1 Å². The summed E-state index contributed by atoms with van der Waals surface area (Å²) in [6.07, 6.45) is 2.64. The van der Waals surface area contributed by atoms with Gasteiger partial charge in [0.1, 0.15) is 10.7 Å². The summed E-state index contributed by atoms with van der Waals surface area (Å²) in [7, 11) is 0. The number of nitro benzene ring substituents is 1. The van der Waals surface area contributed by atoms with Crippen LogP contribution in [0.25, 0.3) is 0 Å². The summed E-state index contributed by atoms with van der Waals surface area (Å²) in [5.41, 5.74) is -1.32. The zero-order valence-corrected chi connectivity index (χ0v) is 16.3. The molecule has 2 unspecified atom stereocenters. The Kier molecular flexibility index (Phi) is 5.80. The lowest BCUT2D eigenvalue weighted by Gasteiger charge is -2.34. The lowest BCUT2D eigenvalue weighted by atomic mass is 10.0. The second-order valence-electron chi connectivity index (χ2n) is 5.93. The normalized spacial score (nSPS) is 22.2. The molecule has 0 amide bonds. The van der Waals surface area contributed by atoms with E-state index in [9.17, 15) is 20.0 Å². The fraction of sp³-hybridized carbons (Fsp3) is 0.438. The van der Waals surface area contributed by atoms with Gasteiger partial charge in [0.15, 0.2) is 10.7 Å². The summed E-state index contributed by atoms with van der Waals surface area (Å²) < 4.78 is 12.1. The maximum atomic E-state index is 11.4. The van der Waals surface area contributed by atoms with Crippen LogP contribution in [0.3, 0.4) is 0 Å². The molecule has 136 valence electrons. The van der Waals surface area contributed by atoms with Crippen molar-refractivity contribution in [1.82, 2.24) is 0 Å². The van der Waals surface area contributed by atoms with Crippen molar-refractivity contribution in [1.29, 1.82) is 0 Å². The summed E-state index contributed by atoms with van der Waals surface area (Å²) in [6, 6.07) is 4.23. The fourth-order valence-corrected chi connectivity index (χ4v) is 3.79. The van der Waals surface area contributed by atoms with Gasteiger partial charge >= 0.3 is 5.97 Å². The quantitative estimate of drug-likeness (QED) is 0.493. The number of carbonyl (C=O) groups is 1. The van der Waals surface area contributed by atoms with Crippen molar-refractivity contribution in [2.24, 2.45) is 0 Å². The van der Waals surface area contributed by atoms with Crippen LogP contribution in [0.15, 0.2) is 33.8 Å². The van der Waals surface area contributed by atoms with E-state index in [1.54, 1.807) is 13.8 Å². The molecule has 1 heterocycles. The molecular formula is C16H18BrNO6S. The first kappa shape index (κ1) is 19.7. The molecule has 1 N–H and O–H groups in total. The number of hydrogen-bond acceptors (Lipinski definition) is 6. The van der Waals surface area contributed by atoms with E-state index in [1.165, 1.54) is 30.0 Å². The summed E-state index contributed by atoms with van der Waals surface area (Å²) >= 11 is 4.54. The number of carboxylic acids is 1. The SMILES string of the molecule is CCC(C)(OC1(C)CC=C(Oc2ccc([N+](=O)[O-])cc2Br)S1)C(=O)O. The molecule has 0 bridgehead atoms. The van der Waals surface area contributed by atoms with Crippen molar-refractivity contribution in [2.75, 3.05) is 0 Å². The van der Waals surface area contributed by atoms with Gasteiger partial charge in [-0.2, -0.15) is 0 Å². The number of rotatable bonds is 7. The summed E-state index contributed by atoms with van der Waals surface area (Å²) in [6.45, 7) is 5.12. The summed E-state index contributed by atoms with van der Waals surface area (Å²) in [4.78, 5) is 21.0. The molecule has 0 saturated heterocycles. The first-order valence-electron chi connectivity index (χ1n) is 7.53. The zero-order chi connectivity index (χ0) is 18.8. The highest BCUT2D eigenvalue weighted by Gasteiger charge is 2.43. The first-order chi connectivity index (χ1) is 11.6. The van der Waals surface area contributed by atoms with Crippen LogP contribution in [0.2, 0.25) is 0 Å². The third-order valence-electron chi connectivity index (χ3n) is 3.86. The number of nitro groups is 1. The van der Waals surface area contributed by atoms with Crippen molar-refractivity contribution < 1.29 is 24.3 Å². The lowest BCUT2D eigenvalue weighted by molar-refractivity contribution is -0.384. The Hall–Kier alpha value is -1.58. The van der Waals surface area contributed by atoms with Crippen molar-refractivity contribution in [2.45, 2.75) is 44.1 Å². The molecule has 1 aromatic carbocycles. The first-order valence-corrected chi connectivity index (χ1v) is 9.14. The Morgan fingerprint density at radius 3 is 2.76 bits per heavy atom. The van der Waals surface area contributed by atoms with E-state index in [0.29, 0.717) is 28.2 Å². The van der Waals surface area contributed by atoms with E-state index in [-0.39, 0.29) is 5.69 Å². The summed E-state index contributed by atoms with van der Waals surface area (Å²) in [5, 5.41) is 20.7. The second-order valence-corrected chi connectivity index (χ2v) is 8.25. The molecule has 0 radical (unpaired) electrons. The number of ether oxygens (including phenoxy) is 2. The number of nitrogens with zero attached hydrogens (tertiary/aromatic N) is 1. The highest BCUT2D eigenvalue weighted by atomic mass is 79.9. The van der Waals surface area contributed by atoms with Crippen LogP contribution in [0.1, 0.15) is 33.6 Å². The van der Waals surface area contributed by atoms with Crippen molar-refractivity contribution in [3.63, 3.8) is 0 Å². The van der Waals surface area contributed by atoms with Gasteiger partial charge in [0.05, 0.1) is 9.40 Å². The summed E-state index contributed by atoms with van der Waals surface area (Å²) in [5.74, 6) is -0.575. The number of hydrogen-bond donors (Lipinski definition) is 1. The number of carboxylic acid groups (broad SMARTS) is 1. The van der Waals surface area contributed by atoms with Crippen LogP contribution < -0.4 is 4.74 Å². The van der Waals surface area contributed by atoms with Gasteiger partial charge in [0.2, 0.25) is 0 Å². The molecule has 1 aromatic rings. The third kappa shape index (κ3) is 4.53. The molecular weight excluding hydrogens is 414 g/mol. The molecule has 0 aliphatic carbocycles. The Labute approximate surface area is 157 Å². The van der Waals surface area contributed by atoms with E-state index in [0.717, 1.165) is 0 Å². The van der Waals surface area contributed by atoms with Crippen molar-refractivity contribution in [3.8, 4) is 5.75 Å². The number of benzene rings is 1. The average Bonchev–Trinajstić information content (AvgIpc) is 2.89. The lowest BCUT2D eigenvalue weighted by Crippen LogP contribution is -2.44. The van der Waals surface area contributed by atoms with Crippen molar-refractivity contribution in [3.05, 3.63) is 44.0 Å². The van der Waals surface area contributed by atoms with Crippen LogP contribution in [0, 0.1) is 10.1 Å². The smallest absolute Gasteiger partial charge is 0.335 e. The third-order valence-corrected chi connectivity index (χ3v) is 5.61. The number of thioether (sulfide) groups is 1. The molecule has 0 spiro atoms. The van der Waals surface area contributed by atoms with Crippen LogP contribution in [-0.2, 0) is 9.53 Å². The largest absolute Gasteiger partial charge is 0.479 e. The minimum atomic E-state index is -1.28. The Balaban J connectivity index is 2.08. The fourth-order valence-electron chi connectivity index (χ4n) is 2.23. The Morgan fingerprint density at radius 1 is 1.56 bits per heavy atom. The van der Waals surface area contributed by atoms with Gasteiger partial charge in [0, 0.05) is 18.6 Å². The number of aliphatic carboxylic acids is 1. The monoisotopic (exact) mass is 431 g/mol. The van der Waals surface area contributed by atoms with E-state index < -0.39 is 21.4 Å². The highest BCUT2D eigenvalue weighted by Crippen LogP contribution is 2.46. The molecule has 0 aromatic heterocycles. The van der Waals surface area contributed by atoms with Crippen LogP contribution in [0.4, 0.5) is 5.69 Å². The minimum Gasteiger partial charge on any atom is -0.479 e. The van der Waals surface area contributed by atoms with Crippen molar-refractivity contribution >= 4 is 39.3 Å². The zero-order valence-electron chi connectivity index (χ0n) is 13.9. The van der Waals surface area contributed by atoms with Crippen LogP contribution in [0.5, 0.6) is 5.75 Å². The van der Waals surface area contributed by atoms with E-state index in [4.69, 9.17) is 9.47 Å². The average molecular weight is 432 g/mol. The number of non-ortho nitro benzene ring substituents is 1. The topological polar surface area (TPSA) is 98.9 Å². The minimum absolute atomic E-state index is 0.0411. The molecule has 1 aliphatic rings. The van der Waals surface area contributed by atoms with Gasteiger partial charge in [-0.05, 0) is 48.3 Å². The maximum Gasteiger partial charge on any atom is 0.335 e. The molecule has 25 heavy (non-hydrogen) atoms. The van der Waals surface area contributed by atoms with E-state index in [2.05, 4.69) is 15.9 Å². The van der Waals surface area contributed by atoms with Crippen LogP contribution in [-0.4, -0.2) is 26.5 Å². The predicted molar refractivity (Wildman–Crippen MR) is 97.5 cm³/mol. The highest BCUT2D eigenvalue weighted by molar-refractivity contribution is 9.10. The molecule has 0 fully saturated rings. The van der Waals surface area contributed by atoms with Gasteiger partial charge in [-0.15, -0.1) is 0 Å². The molecule has 2 atom stereocenters. The second kappa shape index (κ2) is 7.35. The Morgan fingerprint density at radius 2 is 2.24 bits per heavy atom. The van der Waals surface area contributed by atoms with Gasteiger partial charge in [0.25, 0.3) is 5.69 Å². The Bertz CT molecular complexity index is 739. The van der Waals surface area contributed by atoms with E-state index >= 15 is 0 Å². The molecule has 2 rings (SSSR count). The molecule has 9 heteroatoms. The molecule has 1 aliphatic heterocycles. The maximum absolute atomic E-state index is 11.4. The van der Waals surface area contributed by atoms with Crippen LogP contribution >= 0.6 is 27.7 Å². The van der Waals surface area contributed by atoms with E-state index in [1.807, 2.05) is 13.0 Å². The van der Waals surface area contributed by atoms with Gasteiger partial charge in [-0.1, -0.05) is 18.7 Å².